The van der Waals surface area contributed by atoms with Crippen molar-refractivity contribution in [2.75, 3.05) is 5.32 Å². The lowest BCUT2D eigenvalue weighted by Crippen LogP contribution is -2.32. The lowest BCUT2D eigenvalue weighted by atomic mass is 9.83. The van der Waals surface area contributed by atoms with Gasteiger partial charge in [-0.15, -0.1) is 0 Å². The van der Waals surface area contributed by atoms with Crippen molar-refractivity contribution in [3.05, 3.63) is 106 Å². The predicted octanol–water partition coefficient (Wildman–Crippen LogP) is 4.81. The molecule has 0 radical (unpaired) electrons. The number of ether oxygens (including phenoxy) is 1. The van der Waals surface area contributed by atoms with Crippen molar-refractivity contribution in [3.63, 3.8) is 0 Å². The number of aromatic nitrogens is 1. The van der Waals surface area contributed by atoms with E-state index in [-0.39, 0.29) is 33.9 Å². The van der Waals surface area contributed by atoms with Crippen LogP contribution in [0.3, 0.4) is 0 Å². The Bertz CT molecular complexity index is 1610. The van der Waals surface area contributed by atoms with Gasteiger partial charge in [0.15, 0.2) is 17.7 Å². The van der Waals surface area contributed by atoms with Gasteiger partial charge in [0.05, 0.1) is 28.0 Å². The number of fused-ring (bicyclic) bond motifs is 3. The van der Waals surface area contributed by atoms with E-state index in [1.165, 1.54) is 6.92 Å². The molecule has 5 rings (SSSR count). The lowest BCUT2D eigenvalue weighted by Gasteiger charge is -2.21. The first-order valence-corrected chi connectivity index (χ1v) is 11.5. The van der Waals surface area contributed by atoms with Gasteiger partial charge in [0.25, 0.3) is 5.91 Å². The number of nitrogens with zero attached hydrogens (tertiary/aromatic N) is 1. The van der Waals surface area contributed by atoms with Crippen LogP contribution in [-0.2, 0) is 9.53 Å². The van der Waals surface area contributed by atoms with Crippen molar-refractivity contribution in [1.82, 2.24) is 4.98 Å². The zero-order valence-electron chi connectivity index (χ0n) is 19.9. The molecule has 3 aromatic carbocycles. The zero-order valence-corrected chi connectivity index (χ0v) is 19.9. The molecule has 1 amide bonds. The molecular weight excluding hydrogens is 456 g/mol. The van der Waals surface area contributed by atoms with Crippen molar-refractivity contribution in [1.29, 1.82) is 0 Å². The first-order valence-electron chi connectivity index (χ1n) is 11.5. The number of amides is 1. The van der Waals surface area contributed by atoms with Crippen LogP contribution in [0.1, 0.15) is 60.4 Å². The number of pyridine rings is 1. The van der Waals surface area contributed by atoms with E-state index in [4.69, 9.17) is 4.74 Å². The summed E-state index contributed by atoms with van der Waals surface area (Å²) in [5, 5.41) is 3.49. The third-order valence-electron chi connectivity index (χ3n) is 6.40. The molecule has 7 heteroatoms. The number of carbonyl (C=O) groups excluding carboxylic acids is 4. The van der Waals surface area contributed by atoms with E-state index in [9.17, 15) is 19.2 Å². The Morgan fingerprint density at radius 2 is 1.47 bits per heavy atom. The molecule has 0 fully saturated rings. The standard InChI is InChI=1S/C29H22N2O5/c1-15-18-9-6-7-13-22(18)30-16(2)24(15)29(35)36-17(3)28(34)31-23-14-8-12-21-25(23)27(33)20-11-5-4-10-19(20)26(21)32/h4-14,17H,1-3H3,(H,31,34)/t17-/m1/s1. The van der Waals surface area contributed by atoms with Gasteiger partial charge in [0, 0.05) is 22.1 Å². The minimum Gasteiger partial charge on any atom is -0.449 e. The highest BCUT2D eigenvalue weighted by molar-refractivity contribution is 6.30. The van der Waals surface area contributed by atoms with E-state index in [1.807, 2.05) is 31.2 Å². The number of hydrogen-bond donors (Lipinski definition) is 1. The molecule has 0 aliphatic heterocycles. The van der Waals surface area contributed by atoms with Gasteiger partial charge < -0.3 is 10.1 Å². The van der Waals surface area contributed by atoms with Crippen molar-refractivity contribution >= 4 is 40.0 Å². The quantitative estimate of drug-likeness (QED) is 0.372. The van der Waals surface area contributed by atoms with Crippen molar-refractivity contribution in [2.45, 2.75) is 26.9 Å². The number of aryl methyl sites for hydroxylation is 2. The topological polar surface area (TPSA) is 102 Å². The summed E-state index contributed by atoms with van der Waals surface area (Å²) in [5.74, 6) is -1.93. The second kappa shape index (κ2) is 8.85. The van der Waals surface area contributed by atoms with E-state index in [2.05, 4.69) is 10.3 Å². The summed E-state index contributed by atoms with van der Waals surface area (Å²) in [5.41, 5.74) is 3.44. The molecule has 0 saturated heterocycles. The van der Waals surface area contributed by atoms with Gasteiger partial charge in [-0.2, -0.15) is 0 Å². The highest BCUT2D eigenvalue weighted by Crippen LogP contribution is 2.32. The fraction of sp³-hybridized carbons (Fsp3) is 0.138. The van der Waals surface area contributed by atoms with Gasteiger partial charge >= 0.3 is 5.97 Å². The third-order valence-corrected chi connectivity index (χ3v) is 6.40. The summed E-state index contributed by atoms with van der Waals surface area (Å²) >= 11 is 0. The molecule has 0 unspecified atom stereocenters. The summed E-state index contributed by atoms with van der Waals surface area (Å²) in [6.45, 7) is 4.98. The number of rotatable bonds is 4. The van der Waals surface area contributed by atoms with Gasteiger partial charge in [-0.05, 0) is 38.5 Å². The van der Waals surface area contributed by atoms with Crippen LogP contribution in [0.2, 0.25) is 0 Å². The molecule has 0 spiro atoms. The smallest absolute Gasteiger partial charge is 0.341 e. The first kappa shape index (κ1) is 23.1. The van der Waals surface area contributed by atoms with E-state index in [0.29, 0.717) is 16.8 Å². The fourth-order valence-corrected chi connectivity index (χ4v) is 4.59. The first-order chi connectivity index (χ1) is 17.3. The maximum atomic E-state index is 13.2. The van der Waals surface area contributed by atoms with Crippen molar-refractivity contribution in [2.24, 2.45) is 0 Å². The van der Waals surface area contributed by atoms with Crippen LogP contribution in [0.4, 0.5) is 5.69 Å². The van der Waals surface area contributed by atoms with Crippen LogP contribution in [0.25, 0.3) is 10.9 Å². The number of anilines is 1. The van der Waals surface area contributed by atoms with Crippen molar-refractivity contribution in [3.8, 4) is 0 Å². The van der Waals surface area contributed by atoms with Gasteiger partial charge in [0.1, 0.15) is 0 Å². The summed E-state index contributed by atoms with van der Waals surface area (Å²) in [7, 11) is 0. The fourth-order valence-electron chi connectivity index (χ4n) is 4.59. The number of benzene rings is 3. The molecule has 7 nitrogen and oxygen atoms in total. The minimum absolute atomic E-state index is 0.124. The summed E-state index contributed by atoms with van der Waals surface area (Å²) in [4.78, 5) is 56.6. The van der Waals surface area contributed by atoms with Crippen molar-refractivity contribution < 1.29 is 23.9 Å². The van der Waals surface area contributed by atoms with Gasteiger partial charge in [-0.25, -0.2) is 4.79 Å². The van der Waals surface area contributed by atoms with Crippen LogP contribution in [0.15, 0.2) is 66.7 Å². The van der Waals surface area contributed by atoms with E-state index < -0.39 is 18.0 Å². The maximum Gasteiger partial charge on any atom is 0.341 e. The molecule has 0 saturated carbocycles. The number of ketones is 2. The lowest BCUT2D eigenvalue weighted by molar-refractivity contribution is -0.123. The summed E-state index contributed by atoms with van der Waals surface area (Å²) in [6, 6.07) is 18.8. The Labute approximate surface area is 207 Å². The van der Waals surface area contributed by atoms with Crippen LogP contribution >= 0.6 is 0 Å². The molecule has 1 aliphatic carbocycles. The highest BCUT2D eigenvalue weighted by Gasteiger charge is 2.32. The van der Waals surface area contributed by atoms with Crippen LogP contribution < -0.4 is 5.32 Å². The number of carbonyl (C=O) groups is 4. The molecule has 4 aromatic rings. The highest BCUT2D eigenvalue weighted by atomic mass is 16.5. The van der Waals surface area contributed by atoms with E-state index in [0.717, 1.165) is 16.5 Å². The SMILES string of the molecule is Cc1nc2ccccc2c(C)c1C(=O)O[C@H](C)C(=O)Nc1cccc2c1C(=O)c1ccccc1C2=O. The minimum atomic E-state index is -1.17. The second-order valence-electron chi connectivity index (χ2n) is 8.68. The molecule has 36 heavy (non-hydrogen) atoms. The average Bonchev–Trinajstić information content (AvgIpc) is 2.87. The van der Waals surface area contributed by atoms with Gasteiger partial charge in [-0.1, -0.05) is 54.6 Å². The van der Waals surface area contributed by atoms with Crippen LogP contribution in [-0.4, -0.2) is 34.5 Å². The number of para-hydroxylation sites is 1. The third kappa shape index (κ3) is 3.75. The van der Waals surface area contributed by atoms with E-state index >= 15 is 0 Å². The van der Waals surface area contributed by atoms with E-state index in [1.54, 1.807) is 49.4 Å². The molecule has 1 aromatic heterocycles. The van der Waals surface area contributed by atoms with Gasteiger partial charge in [-0.3, -0.25) is 19.4 Å². The Kier molecular flexibility index (Phi) is 5.68. The van der Waals surface area contributed by atoms with Gasteiger partial charge in [0.2, 0.25) is 0 Å². The average molecular weight is 479 g/mol. The second-order valence-corrected chi connectivity index (χ2v) is 8.68. The largest absolute Gasteiger partial charge is 0.449 e. The molecule has 1 aliphatic rings. The molecule has 1 heterocycles. The Balaban J connectivity index is 1.39. The molecule has 1 atom stereocenters. The monoisotopic (exact) mass is 478 g/mol. The Morgan fingerprint density at radius 3 is 2.22 bits per heavy atom. The van der Waals surface area contributed by atoms with Crippen LogP contribution in [0.5, 0.6) is 0 Å². The predicted molar refractivity (Wildman–Crippen MR) is 134 cm³/mol. The summed E-state index contributed by atoms with van der Waals surface area (Å²) < 4.78 is 5.49. The molecule has 178 valence electrons. The normalized spacial score (nSPS) is 13.1. The molecule has 1 N–H and O–H groups in total. The Hall–Kier alpha value is -4.65. The van der Waals surface area contributed by atoms with Crippen LogP contribution in [0, 0.1) is 13.8 Å². The number of nitrogens with one attached hydrogen (secondary N) is 1. The molecule has 0 bridgehead atoms. The zero-order chi connectivity index (χ0) is 25.6. The Morgan fingerprint density at radius 1 is 0.833 bits per heavy atom. The number of hydrogen-bond acceptors (Lipinski definition) is 6. The molecular formula is C29H22N2O5. The summed E-state index contributed by atoms with van der Waals surface area (Å²) in [6.07, 6.45) is -1.17. The maximum absolute atomic E-state index is 13.2. The number of esters is 1.